The van der Waals surface area contributed by atoms with E-state index in [0.717, 1.165) is 49.3 Å². The van der Waals surface area contributed by atoms with Crippen LogP contribution in [0.1, 0.15) is 37.8 Å². The van der Waals surface area contributed by atoms with Gasteiger partial charge >= 0.3 is 6.03 Å². The first-order chi connectivity index (χ1) is 16.7. The second-order valence-corrected chi connectivity index (χ2v) is 10.5. The Labute approximate surface area is 220 Å². The molecule has 2 aromatic rings. The van der Waals surface area contributed by atoms with Crippen LogP contribution < -0.4 is 21.3 Å². The number of nitrogens with two attached hydrogens (primary N) is 1. The number of benzene rings is 2. The van der Waals surface area contributed by atoms with Gasteiger partial charge in [0.15, 0.2) is 0 Å². The van der Waals surface area contributed by atoms with Crippen molar-refractivity contribution in [1.29, 1.82) is 0 Å². The molecule has 0 aliphatic carbocycles. The van der Waals surface area contributed by atoms with Gasteiger partial charge in [-0.2, -0.15) is 0 Å². The third-order valence-corrected chi connectivity index (χ3v) is 7.70. The number of rotatable bonds is 6. The molecule has 2 saturated heterocycles. The number of piperidine rings is 1. The maximum atomic E-state index is 13.0. The van der Waals surface area contributed by atoms with Gasteiger partial charge in [0, 0.05) is 53.9 Å². The van der Waals surface area contributed by atoms with Crippen LogP contribution in [-0.2, 0) is 4.79 Å². The molecule has 3 amide bonds. The number of amides is 3. The summed E-state index contributed by atoms with van der Waals surface area (Å²) >= 11 is 18.9. The summed E-state index contributed by atoms with van der Waals surface area (Å²) in [5.41, 5.74) is 8.03. The third kappa shape index (κ3) is 6.26. The number of halogens is 3. The Hall–Kier alpha value is -2.35. The Morgan fingerprint density at radius 1 is 1.00 bits per heavy atom. The average molecular weight is 539 g/mol. The highest BCUT2D eigenvalue weighted by atomic mass is 35.5. The maximum absolute atomic E-state index is 13.0. The molecular weight excluding hydrogens is 509 g/mol. The second kappa shape index (κ2) is 11.1. The lowest BCUT2D eigenvalue weighted by atomic mass is 9.95. The molecule has 0 saturated carbocycles. The van der Waals surface area contributed by atoms with Crippen LogP contribution in [0, 0.1) is 5.92 Å². The normalized spacial score (nSPS) is 19.5. The highest BCUT2D eigenvalue weighted by molar-refractivity contribution is 6.35. The van der Waals surface area contributed by atoms with Gasteiger partial charge in [0.25, 0.3) is 0 Å². The lowest BCUT2D eigenvalue weighted by molar-refractivity contribution is -0.135. The number of nitrogens with zero attached hydrogens (tertiary/aromatic N) is 2. The number of primary amides is 1. The molecule has 35 heavy (non-hydrogen) atoms. The first-order valence-corrected chi connectivity index (χ1v) is 13.0. The summed E-state index contributed by atoms with van der Waals surface area (Å²) in [7, 11) is 0. The summed E-state index contributed by atoms with van der Waals surface area (Å²) in [6.07, 6.45) is 2.31. The predicted molar refractivity (Wildman–Crippen MR) is 143 cm³/mol. The number of carbonyl (C=O) groups excluding carboxylic acids is 2. The fraction of sp³-hybridized carbons (Fsp3) is 0.440. The van der Waals surface area contributed by atoms with Gasteiger partial charge in [0.05, 0.1) is 16.8 Å². The molecule has 0 radical (unpaired) electrons. The average Bonchev–Trinajstić information content (AvgIpc) is 3.28. The number of anilines is 2. The highest BCUT2D eigenvalue weighted by Crippen LogP contribution is 2.34. The third-order valence-electron chi connectivity index (χ3n) is 6.81. The Kier molecular flexibility index (Phi) is 8.19. The molecule has 0 aromatic heterocycles. The topological polar surface area (TPSA) is 90.7 Å². The summed E-state index contributed by atoms with van der Waals surface area (Å²) in [6, 6.07) is 10.8. The smallest absolute Gasteiger partial charge is 0.312 e. The maximum Gasteiger partial charge on any atom is 0.312 e. The molecule has 4 N–H and O–H groups in total. The van der Waals surface area contributed by atoms with Gasteiger partial charge in [0.2, 0.25) is 5.91 Å². The van der Waals surface area contributed by atoms with Crippen molar-refractivity contribution in [3.8, 4) is 0 Å². The quantitative estimate of drug-likeness (QED) is 0.465. The van der Waals surface area contributed by atoms with Crippen molar-refractivity contribution in [2.75, 3.05) is 36.4 Å². The lowest BCUT2D eigenvalue weighted by Crippen LogP contribution is -2.44. The zero-order valence-corrected chi connectivity index (χ0v) is 21.8. The molecule has 0 unspecified atom stereocenters. The SMILES string of the molecule is C[C@@H](Nc1cc(N2CCC(C(=O)N3CC[C@@H](NC(N)=O)C3)CC2)ccc1Cl)c1ccc(Cl)cc1Cl. The number of likely N-dealkylation sites (tertiary alicyclic amines) is 1. The molecule has 0 spiro atoms. The fourth-order valence-corrected chi connectivity index (χ4v) is 5.65. The molecule has 2 aliphatic rings. The number of urea groups is 1. The van der Waals surface area contributed by atoms with Crippen molar-refractivity contribution in [2.45, 2.75) is 38.3 Å². The van der Waals surface area contributed by atoms with E-state index >= 15 is 0 Å². The van der Waals surface area contributed by atoms with Crippen LogP contribution in [0.3, 0.4) is 0 Å². The Balaban J connectivity index is 1.36. The summed E-state index contributed by atoms with van der Waals surface area (Å²) < 4.78 is 0. The van der Waals surface area contributed by atoms with Gasteiger partial charge < -0.3 is 26.2 Å². The predicted octanol–water partition coefficient (Wildman–Crippen LogP) is 5.31. The first-order valence-electron chi connectivity index (χ1n) is 11.8. The van der Waals surface area contributed by atoms with Gasteiger partial charge in [-0.15, -0.1) is 0 Å². The van der Waals surface area contributed by atoms with Crippen molar-refractivity contribution in [3.63, 3.8) is 0 Å². The number of hydrogen-bond donors (Lipinski definition) is 3. The van der Waals surface area contributed by atoms with Crippen LogP contribution >= 0.6 is 34.8 Å². The minimum absolute atomic E-state index is 0.00413. The zero-order valence-electron chi connectivity index (χ0n) is 19.6. The Morgan fingerprint density at radius 2 is 1.74 bits per heavy atom. The lowest BCUT2D eigenvalue weighted by Gasteiger charge is -2.35. The molecule has 2 heterocycles. The molecule has 2 fully saturated rings. The summed E-state index contributed by atoms with van der Waals surface area (Å²) in [6.45, 7) is 4.78. The van der Waals surface area contributed by atoms with Crippen molar-refractivity contribution < 1.29 is 9.59 Å². The summed E-state index contributed by atoms with van der Waals surface area (Å²) in [4.78, 5) is 28.2. The largest absolute Gasteiger partial charge is 0.377 e. The molecular formula is C25H30Cl3N5O2. The van der Waals surface area contributed by atoms with E-state index in [4.69, 9.17) is 40.5 Å². The molecule has 2 aromatic carbocycles. The van der Waals surface area contributed by atoms with Crippen molar-refractivity contribution in [3.05, 3.63) is 57.0 Å². The molecule has 7 nitrogen and oxygen atoms in total. The van der Waals surface area contributed by atoms with E-state index in [0.29, 0.717) is 28.2 Å². The fourth-order valence-electron chi connectivity index (χ4n) is 4.91. The van der Waals surface area contributed by atoms with Crippen molar-refractivity contribution >= 4 is 58.1 Å². The van der Waals surface area contributed by atoms with Crippen LogP contribution in [0.2, 0.25) is 15.1 Å². The van der Waals surface area contributed by atoms with Gasteiger partial charge in [-0.05, 0) is 62.1 Å². The van der Waals surface area contributed by atoms with Crippen LogP contribution in [0.15, 0.2) is 36.4 Å². The van der Waals surface area contributed by atoms with Crippen LogP contribution in [-0.4, -0.2) is 49.1 Å². The highest BCUT2D eigenvalue weighted by Gasteiger charge is 2.33. The summed E-state index contributed by atoms with van der Waals surface area (Å²) in [5, 5.41) is 7.99. The van der Waals surface area contributed by atoms with Crippen molar-refractivity contribution in [1.82, 2.24) is 10.2 Å². The standard InChI is InChI=1S/C25H30Cl3N5O2/c1-15(20-4-2-17(26)12-22(20)28)30-23-13-19(3-5-21(23)27)32-9-6-16(7-10-32)24(34)33-11-8-18(14-33)31-25(29)35/h2-5,12-13,15-16,18,30H,6-11,14H2,1H3,(H3,29,31,35)/t15-,18-/m1/s1. The molecule has 188 valence electrons. The summed E-state index contributed by atoms with van der Waals surface area (Å²) in [5.74, 6) is 0.168. The van der Waals surface area contributed by atoms with Crippen LogP contribution in [0.5, 0.6) is 0 Å². The van der Waals surface area contributed by atoms with Gasteiger partial charge in [0.1, 0.15) is 0 Å². The van der Waals surface area contributed by atoms with E-state index in [-0.39, 0.29) is 23.9 Å². The first kappa shape index (κ1) is 25.7. The minimum Gasteiger partial charge on any atom is -0.377 e. The van der Waals surface area contributed by atoms with Gasteiger partial charge in [-0.1, -0.05) is 40.9 Å². The molecule has 0 bridgehead atoms. The Bertz CT molecular complexity index is 1090. The monoisotopic (exact) mass is 537 g/mol. The van der Waals surface area contributed by atoms with Gasteiger partial charge in [-0.25, -0.2) is 4.79 Å². The van der Waals surface area contributed by atoms with Gasteiger partial charge in [-0.3, -0.25) is 4.79 Å². The number of hydrogen-bond acceptors (Lipinski definition) is 4. The molecule has 2 aliphatic heterocycles. The van der Waals surface area contributed by atoms with Crippen LogP contribution in [0.25, 0.3) is 0 Å². The Morgan fingerprint density at radius 3 is 2.43 bits per heavy atom. The van der Waals surface area contributed by atoms with E-state index in [2.05, 4.69) is 15.5 Å². The molecule has 4 rings (SSSR count). The van der Waals surface area contributed by atoms with E-state index in [1.165, 1.54) is 0 Å². The van der Waals surface area contributed by atoms with E-state index in [9.17, 15) is 9.59 Å². The van der Waals surface area contributed by atoms with E-state index < -0.39 is 6.03 Å². The zero-order chi connectivity index (χ0) is 25.1. The number of carbonyl (C=O) groups is 2. The minimum atomic E-state index is -0.542. The van der Waals surface area contributed by atoms with E-state index in [1.54, 1.807) is 6.07 Å². The van der Waals surface area contributed by atoms with E-state index in [1.807, 2.05) is 42.2 Å². The number of nitrogens with one attached hydrogen (secondary N) is 2. The van der Waals surface area contributed by atoms with Crippen LogP contribution in [0.4, 0.5) is 16.2 Å². The molecule has 10 heteroatoms. The molecule has 2 atom stereocenters. The second-order valence-electron chi connectivity index (χ2n) is 9.24. The van der Waals surface area contributed by atoms with Crippen molar-refractivity contribution in [2.24, 2.45) is 11.7 Å².